The summed E-state index contributed by atoms with van der Waals surface area (Å²) in [5.74, 6) is -1.25. The summed E-state index contributed by atoms with van der Waals surface area (Å²) >= 11 is 0. The van der Waals surface area contributed by atoms with Crippen molar-refractivity contribution in [2.75, 3.05) is 0 Å². The maximum Gasteiger partial charge on any atom is 0.213 e. The van der Waals surface area contributed by atoms with Gasteiger partial charge in [-0.3, -0.25) is 0 Å². The van der Waals surface area contributed by atoms with Gasteiger partial charge in [0.2, 0.25) is 5.95 Å². The average Bonchev–Trinajstić information content (AvgIpc) is 2.08. The van der Waals surface area contributed by atoms with Crippen LogP contribution in [0.3, 0.4) is 0 Å². The Morgan fingerprint density at radius 1 is 1.50 bits per heavy atom. The van der Waals surface area contributed by atoms with Crippen molar-refractivity contribution in [1.82, 2.24) is 4.98 Å². The van der Waals surface area contributed by atoms with Gasteiger partial charge in [0.15, 0.2) is 0 Å². The molecule has 1 heterocycles. The minimum atomic E-state index is -0.699. The average molecular weight is 172 g/mol. The molecule has 12 heavy (non-hydrogen) atoms. The molecular formula is C8H10F2N2. The highest BCUT2D eigenvalue weighted by molar-refractivity contribution is 5.11. The summed E-state index contributed by atoms with van der Waals surface area (Å²) in [5.41, 5.74) is 5.49. The van der Waals surface area contributed by atoms with Gasteiger partial charge in [-0.25, -0.2) is 9.37 Å². The van der Waals surface area contributed by atoms with E-state index < -0.39 is 17.8 Å². The number of rotatable bonds is 2. The molecule has 1 unspecified atom stereocenters. The summed E-state index contributed by atoms with van der Waals surface area (Å²) in [6, 6.07) is 1.48. The van der Waals surface area contributed by atoms with E-state index in [-0.39, 0.29) is 5.69 Å². The van der Waals surface area contributed by atoms with Gasteiger partial charge in [-0.2, -0.15) is 4.39 Å². The topological polar surface area (TPSA) is 38.9 Å². The van der Waals surface area contributed by atoms with Crippen LogP contribution in [0.1, 0.15) is 25.1 Å². The van der Waals surface area contributed by atoms with E-state index in [0.717, 1.165) is 12.1 Å². The molecule has 0 saturated carbocycles. The Hall–Kier alpha value is -1.03. The fourth-order valence-corrected chi connectivity index (χ4v) is 0.886. The molecule has 0 amide bonds. The van der Waals surface area contributed by atoms with Crippen molar-refractivity contribution < 1.29 is 8.78 Å². The Kier molecular flexibility index (Phi) is 2.70. The maximum absolute atomic E-state index is 12.9. The van der Waals surface area contributed by atoms with Crippen molar-refractivity contribution in [3.63, 3.8) is 0 Å². The van der Waals surface area contributed by atoms with Gasteiger partial charge in [-0.15, -0.1) is 0 Å². The van der Waals surface area contributed by atoms with E-state index in [1.54, 1.807) is 6.92 Å². The van der Waals surface area contributed by atoms with Crippen molar-refractivity contribution in [3.8, 4) is 0 Å². The summed E-state index contributed by atoms with van der Waals surface area (Å²) in [6.07, 6.45) is 0.535. The minimum absolute atomic E-state index is 0.00231. The highest BCUT2D eigenvalue weighted by Crippen LogP contribution is 2.14. The lowest BCUT2D eigenvalue weighted by Crippen LogP contribution is -2.13. The Labute approximate surface area is 69.4 Å². The Bertz CT molecular complexity index is 276. The van der Waals surface area contributed by atoms with E-state index in [4.69, 9.17) is 5.73 Å². The molecular weight excluding hydrogens is 162 g/mol. The molecule has 0 bridgehead atoms. The predicted molar refractivity (Wildman–Crippen MR) is 41.4 cm³/mol. The predicted octanol–water partition coefficient (Wildman–Crippen LogP) is 1.77. The zero-order valence-electron chi connectivity index (χ0n) is 6.72. The first-order valence-corrected chi connectivity index (χ1v) is 3.72. The number of hydrogen-bond donors (Lipinski definition) is 1. The lowest BCUT2D eigenvalue weighted by Gasteiger charge is -2.08. The first kappa shape index (κ1) is 9.06. The molecule has 1 rings (SSSR count). The van der Waals surface area contributed by atoms with Gasteiger partial charge in [0, 0.05) is 6.04 Å². The lowest BCUT2D eigenvalue weighted by molar-refractivity contribution is 0.515. The summed E-state index contributed by atoms with van der Waals surface area (Å²) in [6.45, 7) is 1.79. The van der Waals surface area contributed by atoms with Gasteiger partial charge < -0.3 is 5.73 Å². The summed E-state index contributed by atoms with van der Waals surface area (Å²) in [4.78, 5) is 3.38. The largest absolute Gasteiger partial charge is 0.323 e. The fourth-order valence-electron chi connectivity index (χ4n) is 0.886. The third-order valence-corrected chi connectivity index (χ3v) is 1.63. The molecule has 0 aromatic carbocycles. The Balaban J connectivity index is 3.04. The third-order valence-electron chi connectivity index (χ3n) is 1.63. The molecule has 2 N–H and O–H groups in total. The van der Waals surface area contributed by atoms with Crippen LogP contribution >= 0.6 is 0 Å². The molecule has 4 heteroatoms. The van der Waals surface area contributed by atoms with Gasteiger partial charge in [-0.05, 0) is 18.6 Å². The number of aromatic nitrogens is 1. The van der Waals surface area contributed by atoms with Crippen LogP contribution in [0.25, 0.3) is 0 Å². The molecule has 0 spiro atoms. The molecule has 0 fully saturated rings. The van der Waals surface area contributed by atoms with Crippen LogP contribution in [0.15, 0.2) is 12.1 Å². The minimum Gasteiger partial charge on any atom is -0.323 e. The number of nitrogens with zero attached hydrogens (tertiary/aromatic N) is 1. The molecule has 66 valence electrons. The molecule has 0 aliphatic carbocycles. The van der Waals surface area contributed by atoms with Crippen LogP contribution in [0.5, 0.6) is 0 Å². The smallest absolute Gasteiger partial charge is 0.213 e. The number of hydrogen-bond acceptors (Lipinski definition) is 2. The van der Waals surface area contributed by atoms with Crippen LogP contribution < -0.4 is 5.73 Å². The summed E-state index contributed by atoms with van der Waals surface area (Å²) in [7, 11) is 0. The van der Waals surface area contributed by atoms with Crippen LogP contribution in [-0.4, -0.2) is 4.98 Å². The normalized spacial score (nSPS) is 13.0. The van der Waals surface area contributed by atoms with E-state index in [9.17, 15) is 8.78 Å². The maximum atomic E-state index is 12.9. The SMILES string of the molecule is CCC(N)c1nc(F)ccc1F. The molecule has 0 saturated heterocycles. The second-order valence-corrected chi connectivity index (χ2v) is 2.52. The Morgan fingerprint density at radius 3 is 2.75 bits per heavy atom. The molecule has 1 aromatic rings. The van der Waals surface area contributed by atoms with Crippen LogP contribution in [0, 0.1) is 11.8 Å². The molecule has 0 aliphatic heterocycles. The van der Waals surface area contributed by atoms with Gasteiger partial charge >= 0.3 is 0 Å². The van der Waals surface area contributed by atoms with Crippen molar-refractivity contribution in [1.29, 1.82) is 0 Å². The van der Waals surface area contributed by atoms with Gasteiger partial charge in [0.1, 0.15) is 5.82 Å². The molecule has 0 aliphatic rings. The zero-order chi connectivity index (χ0) is 9.14. The van der Waals surface area contributed by atoms with Gasteiger partial charge in [0.25, 0.3) is 0 Å². The van der Waals surface area contributed by atoms with E-state index in [1.165, 1.54) is 0 Å². The first-order valence-electron chi connectivity index (χ1n) is 3.72. The highest BCUT2D eigenvalue weighted by atomic mass is 19.1. The van der Waals surface area contributed by atoms with Crippen LogP contribution in [0.4, 0.5) is 8.78 Å². The van der Waals surface area contributed by atoms with Crippen LogP contribution in [-0.2, 0) is 0 Å². The number of pyridine rings is 1. The third kappa shape index (κ3) is 1.76. The van der Waals surface area contributed by atoms with E-state index in [2.05, 4.69) is 4.98 Å². The molecule has 1 aromatic heterocycles. The molecule has 2 nitrogen and oxygen atoms in total. The highest BCUT2D eigenvalue weighted by Gasteiger charge is 2.11. The van der Waals surface area contributed by atoms with Crippen LogP contribution in [0.2, 0.25) is 0 Å². The molecule has 1 atom stereocenters. The lowest BCUT2D eigenvalue weighted by atomic mass is 10.1. The quantitative estimate of drug-likeness (QED) is 0.690. The summed E-state index contributed by atoms with van der Waals surface area (Å²) < 4.78 is 25.4. The standard InChI is InChI=1S/C8H10F2N2/c1-2-6(11)8-5(9)3-4-7(10)12-8/h3-4,6H,2,11H2,1H3. The fraction of sp³-hybridized carbons (Fsp3) is 0.375. The zero-order valence-corrected chi connectivity index (χ0v) is 6.72. The van der Waals surface area contributed by atoms with Crippen molar-refractivity contribution in [3.05, 3.63) is 29.6 Å². The van der Waals surface area contributed by atoms with Crippen molar-refractivity contribution in [2.45, 2.75) is 19.4 Å². The second kappa shape index (κ2) is 3.58. The molecule has 0 radical (unpaired) electrons. The number of nitrogens with two attached hydrogens (primary N) is 1. The van der Waals surface area contributed by atoms with E-state index in [0.29, 0.717) is 6.42 Å². The van der Waals surface area contributed by atoms with Gasteiger partial charge in [-0.1, -0.05) is 6.92 Å². The monoisotopic (exact) mass is 172 g/mol. The summed E-state index contributed by atoms with van der Waals surface area (Å²) in [5, 5.41) is 0. The Morgan fingerprint density at radius 2 is 2.17 bits per heavy atom. The van der Waals surface area contributed by atoms with E-state index >= 15 is 0 Å². The van der Waals surface area contributed by atoms with E-state index in [1.807, 2.05) is 0 Å². The second-order valence-electron chi connectivity index (χ2n) is 2.52. The first-order chi connectivity index (χ1) is 5.65. The van der Waals surface area contributed by atoms with Crippen molar-refractivity contribution in [2.24, 2.45) is 5.73 Å². The number of halogens is 2. The van der Waals surface area contributed by atoms with Gasteiger partial charge in [0.05, 0.1) is 5.69 Å². The van der Waals surface area contributed by atoms with Crippen molar-refractivity contribution >= 4 is 0 Å².